The quantitative estimate of drug-likeness (QED) is 0.718. The van der Waals surface area contributed by atoms with Crippen molar-refractivity contribution in [2.45, 2.75) is 31.9 Å². The predicted octanol–water partition coefficient (Wildman–Crippen LogP) is -0.343. The monoisotopic (exact) mass is 241 g/mol. The van der Waals surface area contributed by atoms with Gasteiger partial charge in [-0.25, -0.2) is 0 Å². The predicted molar refractivity (Wildman–Crippen MR) is 65.6 cm³/mol. The first kappa shape index (κ1) is 12.8. The van der Waals surface area contributed by atoms with Crippen LogP contribution in [0.2, 0.25) is 0 Å². The second-order valence-corrected chi connectivity index (χ2v) is 5.16. The maximum Gasteiger partial charge on any atom is 0.236 e. The highest BCUT2D eigenvalue weighted by atomic mass is 16.5. The summed E-state index contributed by atoms with van der Waals surface area (Å²) in [5.41, 5.74) is 5.91. The molecule has 0 aliphatic carbocycles. The fourth-order valence-electron chi connectivity index (χ4n) is 2.57. The average Bonchev–Trinajstić information content (AvgIpc) is 2.29. The van der Waals surface area contributed by atoms with E-state index in [2.05, 4.69) is 4.90 Å². The van der Waals surface area contributed by atoms with E-state index >= 15 is 0 Å². The Hall–Kier alpha value is -0.650. The number of hydrogen-bond acceptors (Lipinski definition) is 4. The molecule has 0 spiro atoms. The van der Waals surface area contributed by atoms with Gasteiger partial charge in [-0.05, 0) is 26.3 Å². The number of piperidine rings is 1. The Kier molecular flexibility index (Phi) is 4.36. The molecule has 1 amide bonds. The van der Waals surface area contributed by atoms with Gasteiger partial charge in [0.25, 0.3) is 0 Å². The van der Waals surface area contributed by atoms with Crippen molar-refractivity contribution < 1.29 is 9.53 Å². The van der Waals surface area contributed by atoms with Gasteiger partial charge in [-0.2, -0.15) is 0 Å². The molecule has 2 heterocycles. The molecule has 0 saturated carbocycles. The highest BCUT2D eigenvalue weighted by Crippen LogP contribution is 2.10. The second-order valence-electron chi connectivity index (χ2n) is 5.16. The Morgan fingerprint density at radius 1 is 1.41 bits per heavy atom. The Morgan fingerprint density at radius 2 is 2.24 bits per heavy atom. The summed E-state index contributed by atoms with van der Waals surface area (Å²) in [5.74, 6) is 0.217. The van der Waals surface area contributed by atoms with Gasteiger partial charge in [-0.15, -0.1) is 0 Å². The molecule has 0 bridgehead atoms. The van der Waals surface area contributed by atoms with E-state index in [0.29, 0.717) is 13.2 Å². The molecule has 0 radical (unpaired) electrons. The lowest BCUT2D eigenvalue weighted by atomic mass is 10.1. The maximum absolute atomic E-state index is 12.1. The molecule has 0 aromatic carbocycles. The van der Waals surface area contributed by atoms with Crippen molar-refractivity contribution in [2.24, 2.45) is 5.73 Å². The molecule has 1 unspecified atom stereocenters. The number of carbonyl (C=O) groups excluding carboxylic acids is 1. The molecule has 5 heteroatoms. The second kappa shape index (κ2) is 5.80. The van der Waals surface area contributed by atoms with Crippen LogP contribution in [0, 0.1) is 0 Å². The molecule has 2 rings (SSSR count). The lowest BCUT2D eigenvalue weighted by molar-refractivity contribution is -0.139. The van der Waals surface area contributed by atoms with Crippen LogP contribution >= 0.6 is 0 Å². The van der Waals surface area contributed by atoms with E-state index in [1.54, 1.807) is 0 Å². The lowest BCUT2D eigenvalue weighted by Crippen LogP contribution is -2.51. The lowest BCUT2D eigenvalue weighted by Gasteiger charge is -2.35. The summed E-state index contributed by atoms with van der Waals surface area (Å²) in [6.45, 7) is 6.48. The third kappa shape index (κ3) is 3.66. The molecule has 17 heavy (non-hydrogen) atoms. The van der Waals surface area contributed by atoms with Crippen molar-refractivity contribution in [3.63, 3.8) is 0 Å². The molecule has 0 aromatic rings. The molecule has 0 aromatic heterocycles. The SMILES string of the molecule is CC1CN(C(=O)CN2CCC[C@@H](N)C2)CCO1. The van der Waals surface area contributed by atoms with Crippen LogP contribution in [0.25, 0.3) is 0 Å². The number of rotatable bonds is 2. The number of ether oxygens (including phenoxy) is 1. The zero-order valence-electron chi connectivity index (χ0n) is 10.6. The third-order valence-corrected chi connectivity index (χ3v) is 3.49. The summed E-state index contributed by atoms with van der Waals surface area (Å²) >= 11 is 0. The van der Waals surface area contributed by atoms with Crippen molar-refractivity contribution in [1.29, 1.82) is 0 Å². The van der Waals surface area contributed by atoms with Crippen LogP contribution in [0.5, 0.6) is 0 Å². The number of hydrogen-bond donors (Lipinski definition) is 1. The van der Waals surface area contributed by atoms with Gasteiger partial charge in [0, 0.05) is 25.7 Å². The first-order valence-corrected chi connectivity index (χ1v) is 6.52. The summed E-state index contributed by atoms with van der Waals surface area (Å²) in [5, 5.41) is 0. The van der Waals surface area contributed by atoms with E-state index in [0.717, 1.165) is 39.0 Å². The highest BCUT2D eigenvalue weighted by molar-refractivity contribution is 5.78. The normalized spacial score (nSPS) is 31.5. The first-order valence-electron chi connectivity index (χ1n) is 6.52. The van der Waals surface area contributed by atoms with Gasteiger partial charge in [-0.3, -0.25) is 9.69 Å². The fraction of sp³-hybridized carbons (Fsp3) is 0.917. The molecular formula is C12H23N3O2. The molecule has 2 saturated heterocycles. The van der Waals surface area contributed by atoms with Crippen molar-refractivity contribution >= 4 is 5.91 Å². The number of nitrogens with two attached hydrogens (primary N) is 1. The van der Waals surface area contributed by atoms with Crippen LogP contribution in [0.15, 0.2) is 0 Å². The van der Waals surface area contributed by atoms with Crippen LogP contribution in [0.4, 0.5) is 0 Å². The molecule has 98 valence electrons. The highest BCUT2D eigenvalue weighted by Gasteiger charge is 2.24. The van der Waals surface area contributed by atoms with Gasteiger partial charge < -0.3 is 15.4 Å². The van der Waals surface area contributed by atoms with Crippen molar-refractivity contribution in [3.05, 3.63) is 0 Å². The van der Waals surface area contributed by atoms with Crippen LogP contribution in [-0.2, 0) is 9.53 Å². The van der Waals surface area contributed by atoms with Crippen LogP contribution in [0.3, 0.4) is 0 Å². The maximum atomic E-state index is 12.1. The van der Waals surface area contributed by atoms with E-state index in [-0.39, 0.29) is 18.1 Å². The minimum atomic E-state index is 0.163. The molecule has 2 N–H and O–H groups in total. The summed E-state index contributed by atoms with van der Waals surface area (Å²) in [7, 11) is 0. The number of amides is 1. The minimum absolute atomic E-state index is 0.163. The standard InChI is InChI=1S/C12H23N3O2/c1-10-7-15(5-6-17-10)12(16)9-14-4-2-3-11(13)8-14/h10-11H,2-9,13H2,1H3/t10?,11-/m1/s1. The van der Waals surface area contributed by atoms with Gasteiger partial charge in [0.05, 0.1) is 19.3 Å². The summed E-state index contributed by atoms with van der Waals surface area (Å²) < 4.78 is 5.44. The van der Waals surface area contributed by atoms with E-state index in [1.807, 2.05) is 11.8 Å². The molecule has 5 nitrogen and oxygen atoms in total. The van der Waals surface area contributed by atoms with Crippen LogP contribution in [-0.4, -0.2) is 67.2 Å². The zero-order valence-corrected chi connectivity index (χ0v) is 10.6. The summed E-state index contributed by atoms with van der Waals surface area (Å²) in [4.78, 5) is 16.2. The minimum Gasteiger partial charge on any atom is -0.375 e. The van der Waals surface area contributed by atoms with Crippen molar-refractivity contribution in [3.8, 4) is 0 Å². The number of morpholine rings is 1. The number of likely N-dealkylation sites (tertiary alicyclic amines) is 1. The molecule has 2 fully saturated rings. The number of carbonyl (C=O) groups is 1. The first-order chi connectivity index (χ1) is 8.15. The molecule has 2 atom stereocenters. The van der Waals surface area contributed by atoms with Crippen molar-refractivity contribution in [1.82, 2.24) is 9.80 Å². The summed E-state index contributed by atoms with van der Waals surface area (Å²) in [6, 6.07) is 0.236. The summed E-state index contributed by atoms with van der Waals surface area (Å²) in [6.07, 6.45) is 2.35. The smallest absolute Gasteiger partial charge is 0.236 e. The zero-order chi connectivity index (χ0) is 12.3. The van der Waals surface area contributed by atoms with E-state index < -0.39 is 0 Å². The molecular weight excluding hydrogens is 218 g/mol. The average molecular weight is 241 g/mol. The van der Waals surface area contributed by atoms with Gasteiger partial charge in [0.2, 0.25) is 5.91 Å². The van der Waals surface area contributed by atoms with Crippen LogP contribution < -0.4 is 5.73 Å². The van der Waals surface area contributed by atoms with Crippen LogP contribution in [0.1, 0.15) is 19.8 Å². The van der Waals surface area contributed by atoms with E-state index in [4.69, 9.17) is 10.5 Å². The van der Waals surface area contributed by atoms with Gasteiger partial charge >= 0.3 is 0 Å². The molecule has 2 aliphatic rings. The van der Waals surface area contributed by atoms with E-state index in [9.17, 15) is 4.79 Å². The Balaban J connectivity index is 1.79. The van der Waals surface area contributed by atoms with Gasteiger partial charge in [0.1, 0.15) is 0 Å². The Labute approximate surface area is 103 Å². The fourth-order valence-corrected chi connectivity index (χ4v) is 2.57. The largest absolute Gasteiger partial charge is 0.375 e. The van der Waals surface area contributed by atoms with Gasteiger partial charge in [0.15, 0.2) is 0 Å². The van der Waals surface area contributed by atoms with E-state index in [1.165, 1.54) is 0 Å². The Morgan fingerprint density at radius 3 is 2.94 bits per heavy atom. The molecule has 2 aliphatic heterocycles. The van der Waals surface area contributed by atoms with Gasteiger partial charge in [-0.1, -0.05) is 0 Å². The van der Waals surface area contributed by atoms with Crippen molar-refractivity contribution in [2.75, 3.05) is 39.3 Å². The third-order valence-electron chi connectivity index (χ3n) is 3.49. The Bertz CT molecular complexity index is 272. The number of nitrogens with zero attached hydrogens (tertiary/aromatic N) is 2. The topological polar surface area (TPSA) is 58.8 Å².